The first-order chi connectivity index (χ1) is 16.7. The van der Waals surface area contributed by atoms with Crippen LogP contribution in [-0.2, 0) is 9.59 Å². The molecule has 4 rings (SSSR count). The van der Waals surface area contributed by atoms with Gasteiger partial charge in [0.05, 0.1) is 18.3 Å². The number of anilines is 2. The second-order valence-electron chi connectivity index (χ2n) is 7.63. The predicted molar refractivity (Wildman–Crippen MR) is 140 cm³/mol. The molecule has 0 radical (unpaired) electrons. The van der Waals surface area contributed by atoms with Gasteiger partial charge in [-0.2, -0.15) is 0 Å². The Bertz CT molecular complexity index is 1470. The highest BCUT2D eigenvalue weighted by molar-refractivity contribution is 9.10. The molecular weight excluding hydrogens is 536 g/mol. The number of fused-ring (bicyclic) bond motifs is 1. The highest BCUT2D eigenvalue weighted by atomic mass is 79.9. The van der Waals surface area contributed by atoms with Gasteiger partial charge in [-0.15, -0.1) is 0 Å². The third-order valence-electron chi connectivity index (χ3n) is 5.12. The van der Waals surface area contributed by atoms with Crippen molar-refractivity contribution in [1.82, 2.24) is 4.68 Å². The number of benzene rings is 3. The maximum absolute atomic E-state index is 13.2. The lowest BCUT2D eigenvalue weighted by atomic mass is 10.2. The van der Waals surface area contributed by atoms with Gasteiger partial charge in [0.15, 0.2) is 0 Å². The minimum atomic E-state index is -0.967. The van der Waals surface area contributed by atoms with E-state index in [9.17, 15) is 14.4 Å². The van der Waals surface area contributed by atoms with Crippen LogP contribution in [0.2, 0.25) is 5.02 Å². The summed E-state index contributed by atoms with van der Waals surface area (Å²) in [5.74, 6) is -1.85. The quantitative estimate of drug-likeness (QED) is 0.290. The Hall–Kier alpha value is -3.82. The summed E-state index contributed by atoms with van der Waals surface area (Å²) in [4.78, 5) is 38.5. The van der Waals surface area contributed by atoms with Gasteiger partial charge in [0.1, 0.15) is 11.4 Å². The second kappa shape index (κ2) is 10.2. The number of aryl methyl sites for hydroxylation is 1. The van der Waals surface area contributed by atoms with Gasteiger partial charge < -0.3 is 15.4 Å². The molecule has 0 spiro atoms. The van der Waals surface area contributed by atoms with Crippen molar-refractivity contribution in [3.05, 3.63) is 87.5 Å². The number of nitrogens with zero attached hydrogens (tertiary/aromatic N) is 1. The molecule has 3 amide bonds. The molecule has 0 fully saturated rings. The summed E-state index contributed by atoms with van der Waals surface area (Å²) in [5.41, 5.74) is 5.07. The number of hydrogen-bond acceptors (Lipinski definition) is 4. The summed E-state index contributed by atoms with van der Waals surface area (Å²) >= 11 is 9.56. The zero-order valence-electron chi connectivity index (χ0n) is 18.7. The number of carbonyl (C=O) groups is 3. The number of halogens is 2. The molecule has 35 heavy (non-hydrogen) atoms. The summed E-state index contributed by atoms with van der Waals surface area (Å²) < 4.78 is 7.10. The van der Waals surface area contributed by atoms with E-state index in [1.807, 2.05) is 19.1 Å². The Morgan fingerprint density at radius 3 is 2.49 bits per heavy atom. The third kappa shape index (κ3) is 5.47. The average molecular weight is 556 g/mol. The first kappa shape index (κ1) is 24.3. The number of amides is 3. The fourth-order valence-electron chi connectivity index (χ4n) is 3.42. The number of nitrogens with one attached hydrogen (secondary N) is 3. The molecule has 0 aliphatic heterocycles. The van der Waals surface area contributed by atoms with Crippen molar-refractivity contribution in [3.63, 3.8) is 0 Å². The van der Waals surface area contributed by atoms with Gasteiger partial charge in [0.2, 0.25) is 0 Å². The lowest BCUT2D eigenvalue weighted by Gasteiger charge is -2.13. The molecule has 4 aromatic rings. The normalized spacial score (nSPS) is 10.6. The van der Waals surface area contributed by atoms with Crippen LogP contribution in [0.3, 0.4) is 0 Å². The molecule has 10 heteroatoms. The first-order valence-electron chi connectivity index (χ1n) is 10.4. The van der Waals surface area contributed by atoms with Crippen molar-refractivity contribution in [1.29, 1.82) is 0 Å². The van der Waals surface area contributed by atoms with Crippen molar-refractivity contribution in [2.75, 3.05) is 23.2 Å². The van der Waals surface area contributed by atoms with Gasteiger partial charge >= 0.3 is 11.8 Å². The molecule has 1 heterocycles. The number of aromatic nitrogens is 1. The van der Waals surface area contributed by atoms with Crippen LogP contribution in [0.25, 0.3) is 10.9 Å². The Labute approximate surface area is 214 Å². The molecular formula is C25H20BrClN4O4. The summed E-state index contributed by atoms with van der Waals surface area (Å²) in [6, 6.07) is 18.6. The maximum atomic E-state index is 13.2. The molecule has 178 valence electrons. The van der Waals surface area contributed by atoms with E-state index in [0.29, 0.717) is 37.5 Å². The van der Waals surface area contributed by atoms with E-state index in [1.165, 1.54) is 11.8 Å². The molecule has 3 N–H and O–H groups in total. The van der Waals surface area contributed by atoms with E-state index in [-0.39, 0.29) is 5.69 Å². The highest BCUT2D eigenvalue weighted by Gasteiger charge is 2.22. The Balaban J connectivity index is 1.62. The summed E-state index contributed by atoms with van der Waals surface area (Å²) in [6.45, 7) is 1.93. The van der Waals surface area contributed by atoms with Crippen LogP contribution in [-0.4, -0.2) is 29.5 Å². The number of ether oxygens (including phenoxy) is 1. The topological polar surface area (TPSA) is 101 Å². The van der Waals surface area contributed by atoms with E-state index in [4.69, 9.17) is 16.3 Å². The van der Waals surface area contributed by atoms with Crippen LogP contribution in [0.1, 0.15) is 16.1 Å². The van der Waals surface area contributed by atoms with Gasteiger partial charge in [-0.05, 0) is 76.9 Å². The largest absolute Gasteiger partial charge is 0.497 e. The molecule has 3 aromatic carbocycles. The molecule has 0 atom stereocenters. The van der Waals surface area contributed by atoms with E-state index in [2.05, 4.69) is 32.0 Å². The fourth-order valence-corrected chi connectivity index (χ4v) is 4.20. The highest BCUT2D eigenvalue weighted by Crippen LogP contribution is 2.26. The summed E-state index contributed by atoms with van der Waals surface area (Å²) in [5, 5.41) is 6.41. The van der Waals surface area contributed by atoms with Crippen LogP contribution in [0.15, 0.2) is 71.2 Å². The number of methoxy groups -OCH3 is 1. The summed E-state index contributed by atoms with van der Waals surface area (Å²) in [6.07, 6.45) is 0. The van der Waals surface area contributed by atoms with Crippen molar-refractivity contribution in [2.45, 2.75) is 6.92 Å². The number of rotatable bonds is 5. The molecule has 0 aliphatic rings. The zero-order valence-corrected chi connectivity index (χ0v) is 21.0. The monoisotopic (exact) mass is 554 g/mol. The van der Waals surface area contributed by atoms with E-state index in [0.717, 1.165) is 5.56 Å². The Morgan fingerprint density at radius 2 is 1.74 bits per heavy atom. The van der Waals surface area contributed by atoms with Crippen molar-refractivity contribution >= 4 is 67.5 Å². The predicted octanol–water partition coefficient (Wildman–Crippen LogP) is 5.34. The lowest BCUT2D eigenvalue weighted by molar-refractivity contribution is -0.133. The standard InChI is InChI=1S/C25H20BrClN4O4/c1-14-6-8-20(19(26)10-14)29-23(32)22-12-15-11-16(27)7-9-21(15)31(22)30-25(34)24(33)28-17-4-3-5-18(13-17)35-2/h3-13H,1-2H3,(H,28,33)(H,29,32)(H,30,34). The Morgan fingerprint density at radius 1 is 0.943 bits per heavy atom. The van der Waals surface area contributed by atoms with Crippen LogP contribution >= 0.6 is 27.5 Å². The minimum Gasteiger partial charge on any atom is -0.497 e. The fraction of sp³-hybridized carbons (Fsp3) is 0.0800. The third-order valence-corrected chi connectivity index (χ3v) is 6.01. The lowest BCUT2D eigenvalue weighted by Crippen LogP contribution is -2.36. The SMILES string of the molecule is COc1cccc(NC(=O)C(=O)Nn2c(C(=O)Nc3ccc(C)cc3Br)cc3cc(Cl)ccc32)c1. The van der Waals surface area contributed by atoms with E-state index < -0.39 is 17.7 Å². The molecule has 0 bridgehead atoms. The molecule has 0 aliphatic carbocycles. The van der Waals surface area contributed by atoms with Gasteiger partial charge in [-0.25, -0.2) is 4.68 Å². The van der Waals surface area contributed by atoms with E-state index >= 15 is 0 Å². The van der Waals surface area contributed by atoms with Crippen molar-refractivity contribution < 1.29 is 19.1 Å². The molecule has 0 unspecified atom stereocenters. The first-order valence-corrected chi connectivity index (χ1v) is 11.6. The Kier molecular flexibility index (Phi) is 7.09. The van der Waals surface area contributed by atoms with Gasteiger partial charge in [0, 0.05) is 26.6 Å². The van der Waals surface area contributed by atoms with Crippen LogP contribution in [0, 0.1) is 6.92 Å². The average Bonchev–Trinajstić information content (AvgIpc) is 3.18. The minimum absolute atomic E-state index is 0.109. The van der Waals surface area contributed by atoms with Crippen LogP contribution in [0.4, 0.5) is 11.4 Å². The number of hydrogen-bond donors (Lipinski definition) is 3. The van der Waals surface area contributed by atoms with Crippen LogP contribution in [0.5, 0.6) is 5.75 Å². The van der Waals surface area contributed by atoms with Gasteiger partial charge in [0.25, 0.3) is 5.91 Å². The van der Waals surface area contributed by atoms with Crippen LogP contribution < -0.4 is 20.8 Å². The van der Waals surface area contributed by atoms with Crippen molar-refractivity contribution in [2.24, 2.45) is 0 Å². The zero-order chi connectivity index (χ0) is 25.1. The van der Waals surface area contributed by atoms with Crippen molar-refractivity contribution in [3.8, 4) is 5.75 Å². The second-order valence-corrected chi connectivity index (χ2v) is 8.92. The summed E-state index contributed by atoms with van der Waals surface area (Å²) in [7, 11) is 1.50. The van der Waals surface area contributed by atoms with Gasteiger partial charge in [-0.1, -0.05) is 23.7 Å². The number of carbonyl (C=O) groups excluding carboxylic acids is 3. The molecule has 1 aromatic heterocycles. The molecule has 0 saturated heterocycles. The maximum Gasteiger partial charge on any atom is 0.328 e. The van der Waals surface area contributed by atoms with Gasteiger partial charge in [-0.3, -0.25) is 19.8 Å². The molecule has 0 saturated carbocycles. The smallest absolute Gasteiger partial charge is 0.328 e. The molecule has 8 nitrogen and oxygen atoms in total. The van der Waals surface area contributed by atoms with E-state index in [1.54, 1.807) is 54.6 Å².